The molecule has 0 bridgehead atoms. The number of allylic oxidation sites excluding steroid dienone is 3. The maximum Gasteiger partial charge on any atom is 0.573 e. The number of ether oxygens (including phenoxy) is 1. The van der Waals surface area contributed by atoms with Crippen LogP contribution in [0.4, 0.5) is 23.7 Å². The number of carboxylic acid groups (broad SMARTS) is 1. The average molecular weight is 555 g/mol. The lowest BCUT2D eigenvalue weighted by atomic mass is 9.85. The number of aliphatic carboxylic acids is 1. The Kier molecular flexibility index (Phi) is 9.84. The van der Waals surface area contributed by atoms with Crippen molar-refractivity contribution in [2.45, 2.75) is 83.4 Å². The molecule has 1 saturated carbocycles. The van der Waals surface area contributed by atoms with Crippen LogP contribution in [-0.2, 0) is 4.79 Å². The molecule has 2 aliphatic carbocycles. The second-order valence-corrected chi connectivity index (χ2v) is 12.2. The third kappa shape index (κ3) is 7.94. The van der Waals surface area contributed by atoms with Gasteiger partial charge in [0.1, 0.15) is 10.5 Å². The Bertz CT molecular complexity index is 1050. The number of carbonyl (C=O) groups excluding carboxylic acids is 1. The molecule has 1 aromatic carbocycles. The number of halogens is 3. The molecule has 2 N–H and O–H groups in total. The number of hydrogen-bond donors (Lipinski definition) is 2. The van der Waals surface area contributed by atoms with Crippen LogP contribution < -0.4 is 10.1 Å². The third-order valence-corrected chi connectivity index (χ3v) is 8.60. The van der Waals surface area contributed by atoms with Gasteiger partial charge in [0.25, 0.3) is 0 Å². The Hall–Kier alpha value is -2.62. The van der Waals surface area contributed by atoms with Crippen LogP contribution in [0.15, 0.2) is 46.9 Å². The van der Waals surface area contributed by atoms with E-state index in [0.717, 1.165) is 43.4 Å². The predicted octanol–water partition coefficient (Wildman–Crippen LogP) is 7.83. The first-order valence-electron chi connectivity index (χ1n) is 13.1. The van der Waals surface area contributed by atoms with Gasteiger partial charge in [0.2, 0.25) is 0 Å². The van der Waals surface area contributed by atoms with E-state index in [-0.39, 0.29) is 29.7 Å². The number of unbranched alkanes of at least 4 members (excludes halogenated alkanes) is 3. The molecule has 10 heteroatoms. The number of nitrogens with zero attached hydrogens (tertiary/aromatic N) is 1. The Morgan fingerprint density at radius 1 is 1.13 bits per heavy atom. The molecule has 0 radical (unpaired) electrons. The first-order valence-corrected chi connectivity index (χ1v) is 13.9. The van der Waals surface area contributed by atoms with Gasteiger partial charge in [-0.05, 0) is 74.1 Å². The highest BCUT2D eigenvalue weighted by atomic mass is 32.2. The van der Waals surface area contributed by atoms with Crippen LogP contribution in [0.3, 0.4) is 0 Å². The smallest absolute Gasteiger partial charge is 0.480 e. The van der Waals surface area contributed by atoms with Crippen LogP contribution in [0.25, 0.3) is 0 Å². The molecule has 3 unspecified atom stereocenters. The molecule has 1 aromatic rings. The van der Waals surface area contributed by atoms with Crippen molar-refractivity contribution in [3.63, 3.8) is 0 Å². The lowest BCUT2D eigenvalue weighted by Crippen LogP contribution is -2.42. The Morgan fingerprint density at radius 3 is 2.42 bits per heavy atom. The Balaban J connectivity index is 1.70. The number of rotatable bonds is 11. The zero-order valence-corrected chi connectivity index (χ0v) is 23.1. The summed E-state index contributed by atoms with van der Waals surface area (Å²) in [5, 5.41) is 12.4. The predicted molar refractivity (Wildman–Crippen MR) is 144 cm³/mol. The lowest BCUT2D eigenvalue weighted by Gasteiger charge is -2.31. The van der Waals surface area contributed by atoms with Crippen molar-refractivity contribution in [3.8, 4) is 5.75 Å². The normalized spacial score (nSPS) is 21.3. The number of carboxylic acids is 1. The van der Waals surface area contributed by atoms with Crippen molar-refractivity contribution in [3.05, 3.63) is 46.9 Å². The van der Waals surface area contributed by atoms with E-state index < -0.39 is 17.1 Å². The molecule has 1 fully saturated rings. The van der Waals surface area contributed by atoms with Gasteiger partial charge in [0.05, 0.1) is 0 Å². The summed E-state index contributed by atoms with van der Waals surface area (Å²) in [5.74, 6) is -0.834. The molecule has 210 valence electrons. The van der Waals surface area contributed by atoms with E-state index in [9.17, 15) is 27.9 Å². The van der Waals surface area contributed by atoms with Crippen LogP contribution in [-0.4, -0.2) is 45.7 Å². The number of fused-ring (bicyclic) bond motifs is 1. The Labute approximate surface area is 226 Å². The van der Waals surface area contributed by atoms with Gasteiger partial charge < -0.3 is 20.1 Å². The summed E-state index contributed by atoms with van der Waals surface area (Å²) in [7, 11) is 0. The lowest BCUT2D eigenvalue weighted by molar-refractivity contribution is -0.274. The fraction of sp³-hybridized carbons (Fsp3) is 0.571. The zero-order chi connectivity index (χ0) is 28.1. The maximum absolute atomic E-state index is 13.4. The van der Waals surface area contributed by atoms with Crippen LogP contribution in [0, 0.1) is 11.8 Å². The van der Waals surface area contributed by atoms with Gasteiger partial charge in [-0.25, -0.2) is 4.79 Å². The summed E-state index contributed by atoms with van der Waals surface area (Å²) in [6, 6.07) is 4.84. The van der Waals surface area contributed by atoms with Gasteiger partial charge in [-0.3, -0.25) is 4.79 Å². The van der Waals surface area contributed by atoms with Crippen molar-refractivity contribution in [1.82, 2.24) is 4.90 Å². The molecule has 2 aliphatic rings. The number of amides is 2. The molecule has 0 spiro atoms. The van der Waals surface area contributed by atoms with E-state index in [2.05, 4.69) is 30.0 Å². The van der Waals surface area contributed by atoms with Crippen molar-refractivity contribution >= 4 is 29.4 Å². The number of thioether (sulfide) groups is 1. The molecule has 0 aliphatic heterocycles. The molecule has 3 rings (SSSR count). The zero-order valence-electron chi connectivity index (χ0n) is 22.3. The third-order valence-electron chi connectivity index (χ3n) is 7.17. The van der Waals surface area contributed by atoms with Gasteiger partial charge in [-0.2, -0.15) is 0 Å². The highest BCUT2D eigenvalue weighted by Gasteiger charge is 2.41. The molecule has 0 saturated heterocycles. The molecule has 3 atom stereocenters. The standard InChI is InChI=1S/C28H37F3N2O4S/c1-5-6-7-8-15-33(26(36)32-20-10-12-22(13-11-20)37-28(29,30)31)21-16-19-9-14-24(18(2)23(19)17-21)38-27(3,4)25(34)35/h9-14,18,21,23H,5-8,15-17H2,1-4H3,(H,32,36)(H,34,35). The molecular weight excluding hydrogens is 517 g/mol. The fourth-order valence-electron chi connectivity index (χ4n) is 5.00. The topological polar surface area (TPSA) is 78.9 Å². The number of urea groups is 1. The second-order valence-electron chi connectivity index (χ2n) is 10.5. The summed E-state index contributed by atoms with van der Waals surface area (Å²) in [4.78, 5) is 27.9. The van der Waals surface area contributed by atoms with E-state index in [4.69, 9.17) is 0 Å². The highest BCUT2D eigenvalue weighted by molar-refractivity contribution is 8.05. The van der Waals surface area contributed by atoms with Crippen LogP contribution in [0.2, 0.25) is 0 Å². The number of benzene rings is 1. The largest absolute Gasteiger partial charge is 0.573 e. The molecule has 0 heterocycles. The van der Waals surface area contributed by atoms with Gasteiger partial charge in [0, 0.05) is 18.3 Å². The summed E-state index contributed by atoms with van der Waals surface area (Å²) >= 11 is 1.37. The van der Waals surface area contributed by atoms with Gasteiger partial charge in [-0.15, -0.1) is 24.9 Å². The fourth-order valence-corrected chi connectivity index (χ4v) is 6.17. The minimum atomic E-state index is -4.78. The van der Waals surface area contributed by atoms with E-state index in [1.807, 2.05) is 11.0 Å². The van der Waals surface area contributed by atoms with Gasteiger partial charge in [-0.1, -0.05) is 50.8 Å². The van der Waals surface area contributed by atoms with Crippen LogP contribution in [0.5, 0.6) is 5.75 Å². The molecule has 38 heavy (non-hydrogen) atoms. The first kappa shape index (κ1) is 29.9. The summed E-state index contributed by atoms with van der Waals surface area (Å²) in [5.41, 5.74) is 1.65. The number of anilines is 1. The summed E-state index contributed by atoms with van der Waals surface area (Å²) in [6.07, 6.45) is 4.86. The van der Waals surface area contributed by atoms with E-state index in [1.165, 1.54) is 41.6 Å². The number of hydrogen-bond acceptors (Lipinski definition) is 4. The number of carbonyl (C=O) groups is 2. The average Bonchev–Trinajstić information content (AvgIpc) is 3.25. The SMILES string of the molecule is CCCCCCN(C(=O)Nc1ccc(OC(F)(F)F)cc1)C1CC2=CC=C(SC(C)(C)C(=O)O)C(C)C2C1. The molecule has 6 nitrogen and oxygen atoms in total. The maximum atomic E-state index is 13.4. The second kappa shape index (κ2) is 12.5. The monoisotopic (exact) mass is 554 g/mol. The summed E-state index contributed by atoms with van der Waals surface area (Å²) in [6.45, 7) is 8.23. The molecule has 2 amide bonds. The van der Waals surface area contributed by atoms with Crippen molar-refractivity contribution in [1.29, 1.82) is 0 Å². The van der Waals surface area contributed by atoms with Crippen molar-refractivity contribution < 1.29 is 32.6 Å². The van der Waals surface area contributed by atoms with E-state index >= 15 is 0 Å². The quantitative estimate of drug-likeness (QED) is 0.273. The minimum absolute atomic E-state index is 0.0200. The number of alkyl halides is 3. The van der Waals surface area contributed by atoms with Crippen LogP contribution >= 0.6 is 11.8 Å². The van der Waals surface area contributed by atoms with Crippen molar-refractivity contribution in [2.24, 2.45) is 11.8 Å². The number of nitrogens with one attached hydrogen (secondary N) is 1. The van der Waals surface area contributed by atoms with Crippen molar-refractivity contribution in [2.75, 3.05) is 11.9 Å². The summed E-state index contributed by atoms with van der Waals surface area (Å²) < 4.78 is 40.4. The molecular formula is C28H37F3N2O4S. The van der Waals surface area contributed by atoms with Crippen LogP contribution in [0.1, 0.15) is 66.2 Å². The minimum Gasteiger partial charge on any atom is -0.480 e. The van der Waals surface area contributed by atoms with E-state index in [0.29, 0.717) is 12.2 Å². The Morgan fingerprint density at radius 2 is 1.82 bits per heavy atom. The van der Waals surface area contributed by atoms with E-state index in [1.54, 1.807) is 13.8 Å². The first-order chi connectivity index (χ1) is 17.8. The van der Waals surface area contributed by atoms with Gasteiger partial charge in [0.15, 0.2) is 0 Å². The van der Waals surface area contributed by atoms with Gasteiger partial charge >= 0.3 is 18.4 Å². The highest BCUT2D eigenvalue weighted by Crippen LogP contribution is 2.49. The molecule has 0 aromatic heterocycles.